The summed E-state index contributed by atoms with van der Waals surface area (Å²) in [6.45, 7) is 3.25. The average Bonchev–Trinajstić information content (AvgIpc) is 2.29. The zero-order valence-corrected chi connectivity index (χ0v) is 11.3. The summed E-state index contributed by atoms with van der Waals surface area (Å²) in [5, 5.41) is 0.580. The van der Waals surface area contributed by atoms with E-state index in [9.17, 15) is 0 Å². The first-order chi connectivity index (χ1) is 8.15. The van der Waals surface area contributed by atoms with E-state index < -0.39 is 0 Å². The summed E-state index contributed by atoms with van der Waals surface area (Å²) in [6, 6.07) is 6.45. The molecule has 1 unspecified atom stereocenters. The lowest BCUT2D eigenvalue weighted by molar-refractivity contribution is 0.128. The van der Waals surface area contributed by atoms with Crippen LogP contribution in [-0.2, 0) is 6.54 Å². The number of hydrogen-bond acceptors (Lipinski definition) is 3. The van der Waals surface area contributed by atoms with Crippen molar-refractivity contribution in [3.05, 3.63) is 29.0 Å². The predicted molar refractivity (Wildman–Crippen MR) is 71.2 cm³/mol. The van der Waals surface area contributed by atoms with Gasteiger partial charge in [0.2, 0.25) is 0 Å². The van der Waals surface area contributed by atoms with Gasteiger partial charge in [0.05, 0.1) is 5.69 Å². The van der Waals surface area contributed by atoms with E-state index in [-0.39, 0.29) is 0 Å². The zero-order chi connectivity index (χ0) is 12.3. The molecule has 0 aromatic carbocycles. The molecule has 17 heavy (non-hydrogen) atoms. The molecule has 1 atom stereocenters. The van der Waals surface area contributed by atoms with Crippen molar-refractivity contribution < 1.29 is 0 Å². The molecule has 1 fully saturated rings. The van der Waals surface area contributed by atoms with Crippen LogP contribution in [0.3, 0.4) is 0 Å². The lowest BCUT2D eigenvalue weighted by Gasteiger charge is -2.35. The van der Waals surface area contributed by atoms with E-state index in [0.717, 1.165) is 18.8 Å². The summed E-state index contributed by atoms with van der Waals surface area (Å²) >= 11 is 5.90. The molecule has 2 heterocycles. The number of nitrogens with zero attached hydrogens (tertiary/aromatic N) is 3. The molecule has 0 aliphatic carbocycles. The van der Waals surface area contributed by atoms with E-state index in [1.807, 2.05) is 18.2 Å². The Balaban J connectivity index is 1.94. The number of piperidine rings is 1. The first kappa shape index (κ1) is 12.8. The molecule has 0 bridgehead atoms. The van der Waals surface area contributed by atoms with Crippen molar-refractivity contribution in [2.75, 3.05) is 27.2 Å². The molecule has 1 saturated heterocycles. The number of hydrogen-bond donors (Lipinski definition) is 0. The normalized spacial score (nSPS) is 22.0. The Bertz CT molecular complexity index is 369. The predicted octanol–water partition coefficient (Wildman–Crippen LogP) is 2.26. The van der Waals surface area contributed by atoms with Gasteiger partial charge in [0.1, 0.15) is 5.15 Å². The smallest absolute Gasteiger partial charge is 0.129 e. The van der Waals surface area contributed by atoms with Crippen molar-refractivity contribution >= 4 is 11.6 Å². The Kier molecular flexibility index (Phi) is 4.37. The molecular formula is C13H20ClN3. The molecule has 1 aromatic rings. The first-order valence-corrected chi connectivity index (χ1v) is 6.53. The average molecular weight is 254 g/mol. The van der Waals surface area contributed by atoms with E-state index in [1.165, 1.54) is 19.4 Å². The van der Waals surface area contributed by atoms with Gasteiger partial charge in [0.25, 0.3) is 0 Å². The lowest BCUT2D eigenvalue weighted by atomic mass is 10.0. The SMILES string of the molecule is CN1CCCC(N(C)Cc2cccc(Cl)n2)C1. The second-order valence-electron chi connectivity index (χ2n) is 4.93. The molecule has 1 aliphatic rings. The Labute approximate surface area is 108 Å². The molecule has 3 nitrogen and oxygen atoms in total. The van der Waals surface area contributed by atoms with Crippen LogP contribution in [0.5, 0.6) is 0 Å². The molecule has 0 amide bonds. The van der Waals surface area contributed by atoms with Gasteiger partial charge in [-0.05, 0) is 45.6 Å². The summed E-state index contributed by atoms with van der Waals surface area (Å²) in [5.74, 6) is 0. The molecule has 0 saturated carbocycles. The molecule has 1 aliphatic heterocycles. The van der Waals surface area contributed by atoms with Gasteiger partial charge < -0.3 is 4.90 Å². The van der Waals surface area contributed by atoms with Gasteiger partial charge in [0.15, 0.2) is 0 Å². The monoisotopic (exact) mass is 253 g/mol. The summed E-state index contributed by atoms with van der Waals surface area (Å²) in [4.78, 5) is 9.12. The molecule has 2 rings (SSSR count). The zero-order valence-electron chi connectivity index (χ0n) is 10.6. The second-order valence-corrected chi connectivity index (χ2v) is 5.31. The van der Waals surface area contributed by atoms with E-state index in [2.05, 4.69) is 28.9 Å². The van der Waals surface area contributed by atoms with Gasteiger partial charge in [-0.15, -0.1) is 0 Å². The number of aromatic nitrogens is 1. The maximum atomic E-state index is 5.90. The van der Waals surface area contributed by atoms with Crippen molar-refractivity contribution in [3.8, 4) is 0 Å². The van der Waals surface area contributed by atoms with Crippen LogP contribution in [0.4, 0.5) is 0 Å². The number of likely N-dealkylation sites (N-methyl/N-ethyl adjacent to an activating group) is 2. The van der Waals surface area contributed by atoms with Crippen molar-refractivity contribution in [1.29, 1.82) is 0 Å². The third kappa shape index (κ3) is 3.66. The van der Waals surface area contributed by atoms with Gasteiger partial charge in [0, 0.05) is 19.1 Å². The van der Waals surface area contributed by atoms with E-state index in [0.29, 0.717) is 11.2 Å². The number of halogens is 1. The highest BCUT2D eigenvalue weighted by molar-refractivity contribution is 6.29. The number of pyridine rings is 1. The number of rotatable bonds is 3. The summed E-state index contributed by atoms with van der Waals surface area (Å²) in [7, 11) is 4.37. The third-order valence-electron chi connectivity index (χ3n) is 3.41. The van der Waals surface area contributed by atoms with Crippen LogP contribution >= 0.6 is 11.6 Å². The Morgan fingerprint density at radius 3 is 3.06 bits per heavy atom. The van der Waals surface area contributed by atoms with E-state index in [4.69, 9.17) is 11.6 Å². The van der Waals surface area contributed by atoms with Crippen molar-refractivity contribution in [2.24, 2.45) is 0 Å². The Morgan fingerprint density at radius 2 is 2.35 bits per heavy atom. The minimum Gasteiger partial charge on any atom is -0.305 e. The topological polar surface area (TPSA) is 19.4 Å². The van der Waals surface area contributed by atoms with Crippen LogP contribution in [0.25, 0.3) is 0 Å². The van der Waals surface area contributed by atoms with Crippen molar-refractivity contribution in [1.82, 2.24) is 14.8 Å². The van der Waals surface area contributed by atoms with Gasteiger partial charge in [-0.3, -0.25) is 4.90 Å². The van der Waals surface area contributed by atoms with Crippen molar-refractivity contribution in [3.63, 3.8) is 0 Å². The third-order valence-corrected chi connectivity index (χ3v) is 3.62. The molecule has 1 aromatic heterocycles. The fraction of sp³-hybridized carbons (Fsp3) is 0.615. The molecular weight excluding hydrogens is 234 g/mol. The van der Waals surface area contributed by atoms with Gasteiger partial charge in [-0.1, -0.05) is 17.7 Å². The fourth-order valence-electron chi connectivity index (χ4n) is 2.42. The maximum absolute atomic E-state index is 5.90. The summed E-state index contributed by atoms with van der Waals surface area (Å²) in [6.07, 6.45) is 2.57. The molecule has 0 radical (unpaired) electrons. The first-order valence-electron chi connectivity index (χ1n) is 6.15. The second kappa shape index (κ2) is 5.80. The van der Waals surface area contributed by atoms with E-state index in [1.54, 1.807) is 0 Å². The molecule has 4 heteroatoms. The van der Waals surface area contributed by atoms with Crippen LogP contribution in [-0.4, -0.2) is 48.0 Å². The highest BCUT2D eigenvalue weighted by Gasteiger charge is 2.21. The lowest BCUT2D eigenvalue weighted by Crippen LogP contribution is -2.44. The minimum atomic E-state index is 0.580. The quantitative estimate of drug-likeness (QED) is 0.771. The summed E-state index contributed by atoms with van der Waals surface area (Å²) in [5.41, 5.74) is 1.05. The van der Waals surface area contributed by atoms with Crippen LogP contribution in [0, 0.1) is 0 Å². The highest BCUT2D eigenvalue weighted by atomic mass is 35.5. The van der Waals surface area contributed by atoms with Gasteiger partial charge in [-0.2, -0.15) is 0 Å². The van der Waals surface area contributed by atoms with Gasteiger partial charge >= 0.3 is 0 Å². The van der Waals surface area contributed by atoms with Crippen molar-refractivity contribution in [2.45, 2.75) is 25.4 Å². The summed E-state index contributed by atoms with van der Waals surface area (Å²) < 4.78 is 0. The standard InChI is InChI=1S/C13H20ClN3/c1-16-8-4-6-12(10-16)17(2)9-11-5-3-7-13(14)15-11/h3,5,7,12H,4,6,8-10H2,1-2H3. The Morgan fingerprint density at radius 1 is 1.53 bits per heavy atom. The van der Waals surface area contributed by atoms with Crippen LogP contribution < -0.4 is 0 Å². The Hall–Kier alpha value is -0.640. The van der Waals surface area contributed by atoms with Crippen LogP contribution in [0.2, 0.25) is 5.15 Å². The number of likely N-dealkylation sites (tertiary alicyclic amines) is 1. The van der Waals surface area contributed by atoms with Crippen LogP contribution in [0.1, 0.15) is 18.5 Å². The van der Waals surface area contributed by atoms with Crippen LogP contribution in [0.15, 0.2) is 18.2 Å². The molecule has 0 N–H and O–H groups in total. The molecule has 94 valence electrons. The van der Waals surface area contributed by atoms with Gasteiger partial charge in [-0.25, -0.2) is 4.98 Å². The minimum absolute atomic E-state index is 0.580. The fourth-order valence-corrected chi connectivity index (χ4v) is 2.60. The van der Waals surface area contributed by atoms with E-state index >= 15 is 0 Å². The largest absolute Gasteiger partial charge is 0.305 e. The molecule has 0 spiro atoms. The maximum Gasteiger partial charge on any atom is 0.129 e. The highest BCUT2D eigenvalue weighted by Crippen LogP contribution is 2.15.